The number of rotatable bonds is 4. The monoisotopic (exact) mass is 238 g/mol. The highest BCUT2D eigenvalue weighted by atomic mass is 32.2. The first kappa shape index (κ1) is 11.2. The lowest BCUT2D eigenvalue weighted by atomic mass is 10.2. The molecule has 2 nitrogen and oxygen atoms in total. The molecule has 1 heterocycles. The van der Waals surface area contributed by atoms with E-state index in [4.69, 9.17) is 4.42 Å². The van der Waals surface area contributed by atoms with Gasteiger partial charge >= 0.3 is 0 Å². The molecular formula is C12H11FO2S. The molecule has 0 aliphatic heterocycles. The van der Waals surface area contributed by atoms with Crippen LogP contribution in [-0.4, -0.2) is 10.9 Å². The normalized spacial score (nSPS) is 12.6. The lowest BCUT2D eigenvalue weighted by Gasteiger charge is -2.07. The van der Waals surface area contributed by atoms with Crippen molar-refractivity contribution < 1.29 is 13.9 Å². The van der Waals surface area contributed by atoms with Gasteiger partial charge in [-0.3, -0.25) is 0 Å². The Bertz CT molecular complexity index is 442. The van der Waals surface area contributed by atoms with E-state index in [9.17, 15) is 9.50 Å². The molecule has 16 heavy (non-hydrogen) atoms. The van der Waals surface area contributed by atoms with Crippen molar-refractivity contribution in [2.24, 2.45) is 0 Å². The minimum atomic E-state index is -0.591. The van der Waals surface area contributed by atoms with Crippen LogP contribution in [-0.2, 0) is 0 Å². The van der Waals surface area contributed by atoms with Crippen LogP contribution in [0.15, 0.2) is 52.2 Å². The number of hydrogen-bond donors (Lipinski definition) is 1. The van der Waals surface area contributed by atoms with Gasteiger partial charge in [-0.05, 0) is 24.3 Å². The fourth-order valence-corrected chi connectivity index (χ4v) is 2.21. The smallest absolute Gasteiger partial charge is 0.124 e. The lowest BCUT2D eigenvalue weighted by molar-refractivity contribution is 0.203. The van der Waals surface area contributed by atoms with Crippen LogP contribution in [0, 0.1) is 5.82 Å². The van der Waals surface area contributed by atoms with Crippen molar-refractivity contribution in [1.82, 2.24) is 0 Å². The molecule has 1 atom stereocenters. The first-order valence-corrected chi connectivity index (χ1v) is 5.83. The van der Waals surface area contributed by atoms with Crippen molar-refractivity contribution in [1.29, 1.82) is 0 Å². The van der Waals surface area contributed by atoms with Crippen LogP contribution in [0.1, 0.15) is 11.7 Å². The molecule has 2 aromatic rings. The van der Waals surface area contributed by atoms with Crippen molar-refractivity contribution >= 4 is 11.8 Å². The van der Waals surface area contributed by atoms with Gasteiger partial charge in [-0.1, -0.05) is 6.07 Å². The largest absolute Gasteiger partial charge is 0.472 e. The minimum Gasteiger partial charge on any atom is -0.472 e. The molecule has 0 amide bonds. The van der Waals surface area contributed by atoms with E-state index in [0.29, 0.717) is 5.75 Å². The first-order valence-electron chi connectivity index (χ1n) is 4.84. The molecule has 0 fully saturated rings. The number of thioether (sulfide) groups is 1. The van der Waals surface area contributed by atoms with E-state index in [2.05, 4.69) is 0 Å². The Kier molecular flexibility index (Phi) is 3.64. The van der Waals surface area contributed by atoms with Gasteiger partial charge in [0.15, 0.2) is 0 Å². The molecule has 0 bridgehead atoms. The van der Waals surface area contributed by atoms with Gasteiger partial charge in [0.25, 0.3) is 0 Å². The van der Waals surface area contributed by atoms with E-state index in [1.165, 1.54) is 36.4 Å². The summed E-state index contributed by atoms with van der Waals surface area (Å²) in [4.78, 5) is 0.808. The Morgan fingerprint density at radius 3 is 2.94 bits per heavy atom. The van der Waals surface area contributed by atoms with E-state index >= 15 is 0 Å². The summed E-state index contributed by atoms with van der Waals surface area (Å²) in [5.74, 6) is 0.214. The van der Waals surface area contributed by atoms with Gasteiger partial charge < -0.3 is 9.52 Å². The Morgan fingerprint density at radius 1 is 1.38 bits per heavy atom. The van der Waals surface area contributed by atoms with Crippen molar-refractivity contribution in [2.75, 3.05) is 5.75 Å². The summed E-state index contributed by atoms with van der Waals surface area (Å²) in [6.45, 7) is 0. The molecular weight excluding hydrogens is 227 g/mol. The molecule has 0 saturated carbocycles. The summed E-state index contributed by atoms with van der Waals surface area (Å²) < 4.78 is 17.8. The van der Waals surface area contributed by atoms with Crippen LogP contribution >= 0.6 is 11.8 Å². The average molecular weight is 238 g/mol. The molecule has 1 N–H and O–H groups in total. The molecule has 1 aromatic carbocycles. The summed E-state index contributed by atoms with van der Waals surface area (Å²) in [6, 6.07) is 8.04. The highest BCUT2D eigenvalue weighted by Gasteiger charge is 2.09. The van der Waals surface area contributed by atoms with E-state index in [1.807, 2.05) is 6.07 Å². The topological polar surface area (TPSA) is 33.4 Å². The Labute approximate surface area is 97.1 Å². The van der Waals surface area contributed by atoms with Gasteiger partial charge in [0.1, 0.15) is 5.82 Å². The van der Waals surface area contributed by atoms with Crippen molar-refractivity contribution in [3.05, 3.63) is 54.2 Å². The number of halogens is 1. The molecule has 4 heteroatoms. The van der Waals surface area contributed by atoms with Gasteiger partial charge in [-0.2, -0.15) is 0 Å². The van der Waals surface area contributed by atoms with E-state index < -0.39 is 6.10 Å². The molecule has 0 saturated heterocycles. The minimum absolute atomic E-state index is 0.261. The molecule has 0 spiro atoms. The second-order valence-electron chi connectivity index (χ2n) is 3.34. The predicted octanol–water partition coefficient (Wildman–Crippen LogP) is 3.24. The lowest BCUT2D eigenvalue weighted by Crippen LogP contribution is -1.98. The van der Waals surface area contributed by atoms with Gasteiger partial charge in [-0.15, -0.1) is 11.8 Å². The fourth-order valence-electron chi connectivity index (χ4n) is 1.29. The molecule has 84 valence electrons. The summed E-state index contributed by atoms with van der Waals surface area (Å²) >= 11 is 1.41. The van der Waals surface area contributed by atoms with Gasteiger partial charge in [0.05, 0.1) is 18.6 Å². The van der Waals surface area contributed by atoms with Crippen molar-refractivity contribution in [3.8, 4) is 0 Å². The molecule has 1 aromatic heterocycles. The van der Waals surface area contributed by atoms with Crippen LogP contribution in [0.5, 0.6) is 0 Å². The van der Waals surface area contributed by atoms with Crippen LogP contribution in [0.2, 0.25) is 0 Å². The number of hydrogen-bond acceptors (Lipinski definition) is 3. The van der Waals surface area contributed by atoms with Crippen LogP contribution in [0.3, 0.4) is 0 Å². The number of benzene rings is 1. The Hall–Kier alpha value is -1.26. The summed E-state index contributed by atoms with van der Waals surface area (Å²) in [5.41, 5.74) is 0.740. The standard InChI is InChI=1S/C12H11FO2S/c13-10-2-1-3-11(6-10)16-8-12(14)9-4-5-15-7-9/h1-7,12,14H,8H2. The van der Waals surface area contributed by atoms with Crippen molar-refractivity contribution in [2.45, 2.75) is 11.0 Å². The first-order chi connectivity index (χ1) is 7.75. The average Bonchev–Trinajstić information content (AvgIpc) is 2.79. The second kappa shape index (κ2) is 5.18. The van der Waals surface area contributed by atoms with Crippen molar-refractivity contribution in [3.63, 3.8) is 0 Å². The van der Waals surface area contributed by atoms with Crippen LogP contribution in [0.25, 0.3) is 0 Å². The third-order valence-corrected chi connectivity index (χ3v) is 3.20. The van der Waals surface area contributed by atoms with Crippen LogP contribution < -0.4 is 0 Å². The highest BCUT2D eigenvalue weighted by molar-refractivity contribution is 7.99. The van der Waals surface area contributed by atoms with E-state index in [1.54, 1.807) is 12.1 Å². The maximum Gasteiger partial charge on any atom is 0.124 e. The number of furan rings is 1. The van der Waals surface area contributed by atoms with E-state index in [-0.39, 0.29) is 5.82 Å². The zero-order chi connectivity index (χ0) is 11.4. The molecule has 0 radical (unpaired) electrons. The third-order valence-electron chi connectivity index (χ3n) is 2.13. The fraction of sp³-hybridized carbons (Fsp3) is 0.167. The zero-order valence-electron chi connectivity index (χ0n) is 8.47. The van der Waals surface area contributed by atoms with Gasteiger partial charge in [0.2, 0.25) is 0 Å². The molecule has 1 unspecified atom stereocenters. The Balaban J connectivity index is 1.92. The second-order valence-corrected chi connectivity index (χ2v) is 4.43. The maximum atomic E-state index is 12.9. The molecule has 0 aliphatic rings. The maximum absolute atomic E-state index is 12.9. The SMILES string of the molecule is OC(CSc1cccc(F)c1)c1ccoc1. The molecule has 0 aliphatic carbocycles. The molecule has 2 rings (SSSR count). The van der Waals surface area contributed by atoms with Gasteiger partial charge in [0, 0.05) is 16.2 Å². The Morgan fingerprint density at radius 2 is 2.25 bits per heavy atom. The highest BCUT2D eigenvalue weighted by Crippen LogP contribution is 2.25. The third kappa shape index (κ3) is 2.87. The summed E-state index contributed by atoms with van der Waals surface area (Å²) in [6.07, 6.45) is 2.44. The summed E-state index contributed by atoms with van der Waals surface area (Å²) in [7, 11) is 0. The van der Waals surface area contributed by atoms with E-state index in [0.717, 1.165) is 10.5 Å². The number of aliphatic hydroxyl groups is 1. The quantitative estimate of drug-likeness (QED) is 0.830. The number of aliphatic hydroxyl groups excluding tert-OH is 1. The van der Waals surface area contributed by atoms with Gasteiger partial charge in [-0.25, -0.2) is 4.39 Å². The summed E-state index contributed by atoms with van der Waals surface area (Å²) in [5, 5.41) is 9.77. The zero-order valence-corrected chi connectivity index (χ0v) is 9.28. The van der Waals surface area contributed by atoms with Crippen LogP contribution in [0.4, 0.5) is 4.39 Å². The predicted molar refractivity (Wildman–Crippen MR) is 60.8 cm³/mol.